The smallest absolute Gasteiger partial charge is 0.306 e. The van der Waals surface area contributed by atoms with Crippen molar-refractivity contribution in [3.8, 4) is 0 Å². The summed E-state index contributed by atoms with van der Waals surface area (Å²) in [6, 6.07) is 0. The highest BCUT2D eigenvalue weighted by Gasteiger charge is 2.29. The van der Waals surface area contributed by atoms with Crippen LogP contribution in [0, 0.1) is 0 Å². The maximum absolute atomic E-state index is 12.8. The van der Waals surface area contributed by atoms with Crippen molar-refractivity contribution in [3.05, 3.63) is 24.3 Å². The van der Waals surface area contributed by atoms with Crippen molar-refractivity contribution in [1.29, 1.82) is 0 Å². The van der Waals surface area contributed by atoms with E-state index < -0.39 is 6.10 Å². The molecule has 0 radical (unpaired) electrons. The van der Waals surface area contributed by atoms with E-state index >= 15 is 0 Å². The Labute approximate surface area is 315 Å². The number of aliphatic hydroxyl groups is 2. The normalized spacial score (nSPS) is 12.6. The van der Waals surface area contributed by atoms with Gasteiger partial charge in [-0.05, 0) is 64.2 Å². The maximum Gasteiger partial charge on any atom is 0.306 e. The van der Waals surface area contributed by atoms with Gasteiger partial charge >= 0.3 is 11.9 Å². The number of aliphatic hydroxyl groups excluding tert-OH is 2. The molecule has 0 heterocycles. The van der Waals surface area contributed by atoms with Crippen molar-refractivity contribution in [2.45, 2.75) is 200 Å². The van der Waals surface area contributed by atoms with E-state index in [2.05, 4.69) is 38.2 Å². The van der Waals surface area contributed by atoms with E-state index in [4.69, 9.17) is 9.47 Å². The molecule has 0 aromatic carbocycles. The molecule has 2 N–H and O–H groups in total. The summed E-state index contributed by atoms with van der Waals surface area (Å²) in [7, 11) is 1.92. The summed E-state index contributed by atoms with van der Waals surface area (Å²) in [5.74, 6) is -0.532. The van der Waals surface area contributed by atoms with Crippen LogP contribution in [0.1, 0.15) is 194 Å². The first-order valence-corrected chi connectivity index (χ1v) is 21.6. The van der Waals surface area contributed by atoms with Crippen molar-refractivity contribution in [2.75, 3.05) is 46.5 Å². The SMILES string of the molecule is CCCCCCCCC=CCCCCCCCC(=O)OCC(C[N+](C)(CCO)CCO)OC(=O)CCCCCCCC=CCCCCCCCC. The molecule has 0 aliphatic rings. The zero-order valence-corrected chi connectivity index (χ0v) is 33.9. The molecule has 7 nitrogen and oxygen atoms in total. The van der Waals surface area contributed by atoms with Gasteiger partial charge in [0, 0.05) is 12.8 Å². The number of nitrogens with zero attached hydrogens (tertiary/aromatic N) is 1. The maximum atomic E-state index is 12.8. The Morgan fingerprint density at radius 2 is 0.882 bits per heavy atom. The van der Waals surface area contributed by atoms with Gasteiger partial charge in [-0.2, -0.15) is 0 Å². The van der Waals surface area contributed by atoms with Crippen LogP contribution >= 0.6 is 0 Å². The zero-order chi connectivity index (χ0) is 37.5. The molecule has 1 unspecified atom stereocenters. The lowest BCUT2D eigenvalue weighted by molar-refractivity contribution is -0.912. The van der Waals surface area contributed by atoms with Gasteiger partial charge in [-0.25, -0.2) is 0 Å². The third-order valence-corrected chi connectivity index (χ3v) is 9.94. The first-order valence-electron chi connectivity index (χ1n) is 21.6. The number of hydrogen-bond donors (Lipinski definition) is 2. The summed E-state index contributed by atoms with van der Waals surface area (Å²) in [5.41, 5.74) is 0. The molecule has 0 fully saturated rings. The summed E-state index contributed by atoms with van der Waals surface area (Å²) < 4.78 is 11.8. The average Bonchev–Trinajstić information content (AvgIpc) is 3.10. The van der Waals surface area contributed by atoms with Crippen LogP contribution < -0.4 is 0 Å². The minimum atomic E-state index is -0.609. The third-order valence-electron chi connectivity index (χ3n) is 9.94. The second kappa shape index (κ2) is 38.0. The number of rotatable bonds is 39. The van der Waals surface area contributed by atoms with E-state index in [9.17, 15) is 19.8 Å². The fraction of sp³-hybridized carbons (Fsp3) is 0.864. The van der Waals surface area contributed by atoms with Crippen molar-refractivity contribution in [2.24, 2.45) is 0 Å². The second-order valence-electron chi connectivity index (χ2n) is 15.2. The number of quaternary nitrogens is 1. The van der Waals surface area contributed by atoms with E-state index in [-0.39, 0.29) is 31.8 Å². The summed E-state index contributed by atoms with van der Waals surface area (Å²) >= 11 is 0. The van der Waals surface area contributed by atoms with Crippen LogP contribution in [0.5, 0.6) is 0 Å². The van der Waals surface area contributed by atoms with Gasteiger partial charge < -0.3 is 24.2 Å². The lowest BCUT2D eigenvalue weighted by atomic mass is 10.1. The number of ether oxygens (including phenoxy) is 2. The molecule has 1 atom stereocenters. The number of allylic oxidation sites excluding steroid dienone is 4. The minimum Gasteiger partial charge on any atom is -0.461 e. The number of esters is 2. The van der Waals surface area contributed by atoms with Gasteiger partial charge in [0.2, 0.25) is 0 Å². The van der Waals surface area contributed by atoms with Crippen LogP contribution in [-0.2, 0) is 19.1 Å². The highest BCUT2D eigenvalue weighted by Crippen LogP contribution is 2.14. The Morgan fingerprint density at radius 1 is 0.529 bits per heavy atom. The van der Waals surface area contributed by atoms with Gasteiger partial charge in [-0.1, -0.05) is 141 Å². The molecule has 0 spiro atoms. The minimum absolute atomic E-state index is 0.00667. The monoisotopic (exact) mass is 723 g/mol. The van der Waals surface area contributed by atoms with E-state index in [0.717, 1.165) is 51.4 Å². The van der Waals surface area contributed by atoms with Gasteiger partial charge in [0.25, 0.3) is 0 Å². The number of carbonyl (C=O) groups excluding carboxylic acids is 2. The molecular weight excluding hydrogens is 638 g/mol. The first-order chi connectivity index (χ1) is 24.9. The van der Waals surface area contributed by atoms with E-state index in [1.807, 2.05) is 7.05 Å². The summed E-state index contributed by atoms with van der Waals surface area (Å²) in [6.07, 6.45) is 40.8. The molecule has 0 amide bonds. The van der Waals surface area contributed by atoms with Gasteiger partial charge in [-0.3, -0.25) is 9.59 Å². The first kappa shape index (κ1) is 49.3. The third kappa shape index (κ3) is 35.1. The Balaban J connectivity index is 4.26. The molecule has 0 aromatic rings. The number of carbonyl (C=O) groups is 2. The van der Waals surface area contributed by atoms with Crippen LogP contribution in [0.15, 0.2) is 24.3 Å². The second-order valence-corrected chi connectivity index (χ2v) is 15.2. The molecule has 0 aromatic heterocycles. The largest absolute Gasteiger partial charge is 0.461 e. The highest BCUT2D eigenvalue weighted by molar-refractivity contribution is 5.70. The van der Waals surface area contributed by atoms with Crippen LogP contribution in [0.3, 0.4) is 0 Å². The summed E-state index contributed by atoms with van der Waals surface area (Å²) in [5, 5.41) is 19.2. The van der Waals surface area contributed by atoms with E-state index in [1.54, 1.807) is 0 Å². The molecule has 0 saturated heterocycles. The van der Waals surface area contributed by atoms with Crippen LogP contribution in [-0.4, -0.2) is 79.2 Å². The zero-order valence-electron chi connectivity index (χ0n) is 33.9. The van der Waals surface area contributed by atoms with Crippen molar-refractivity contribution in [3.63, 3.8) is 0 Å². The van der Waals surface area contributed by atoms with Crippen LogP contribution in [0.25, 0.3) is 0 Å². The lowest BCUT2D eigenvalue weighted by Crippen LogP contribution is -2.53. The van der Waals surface area contributed by atoms with Crippen molar-refractivity contribution < 1.29 is 33.8 Å². The molecule has 0 rings (SSSR count). The molecule has 0 saturated carbocycles. The molecular formula is C44H84NO6+. The van der Waals surface area contributed by atoms with E-state index in [1.165, 1.54) is 116 Å². The molecule has 0 aliphatic carbocycles. The van der Waals surface area contributed by atoms with Crippen molar-refractivity contribution in [1.82, 2.24) is 0 Å². The van der Waals surface area contributed by atoms with Crippen molar-refractivity contribution >= 4 is 11.9 Å². The van der Waals surface area contributed by atoms with Gasteiger partial charge in [-0.15, -0.1) is 0 Å². The predicted molar refractivity (Wildman–Crippen MR) is 215 cm³/mol. The molecule has 0 aliphatic heterocycles. The standard InChI is InChI=1S/C44H84NO6/c1-4-6-8-10-12-14-16-18-20-22-24-26-28-30-32-34-43(48)50-41-42(40-45(3,36-38-46)37-39-47)51-44(49)35-33-31-29-27-25-23-21-19-17-15-13-11-9-7-5-2/h18-21,42,46-47H,4-17,22-41H2,1-3H3/q+1. The fourth-order valence-electron chi connectivity index (χ4n) is 6.58. The number of hydrogen-bond acceptors (Lipinski definition) is 6. The Morgan fingerprint density at radius 3 is 1.27 bits per heavy atom. The van der Waals surface area contributed by atoms with Gasteiger partial charge in [0.1, 0.15) is 26.2 Å². The fourth-order valence-corrected chi connectivity index (χ4v) is 6.58. The topological polar surface area (TPSA) is 93.1 Å². The van der Waals surface area contributed by atoms with E-state index in [0.29, 0.717) is 37.0 Å². The lowest BCUT2D eigenvalue weighted by Gasteiger charge is -2.36. The average molecular weight is 723 g/mol. The Hall–Kier alpha value is -1.70. The summed E-state index contributed by atoms with van der Waals surface area (Å²) in [4.78, 5) is 25.3. The number of likely N-dealkylation sites (N-methyl/N-ethyl adjacent to an activating group) is 1. The quantitative estimate of drug-likeness (QED) is 0.0284. The summed E-state index contributed by atoms with van der Waals surface area (Å²) in [6.45, 7) is 5.66. The molecule has 7 heteroatoms. The Bertz CT molecular complexity index is 822. The highest BCUT2D eigenvalue weighted by atomic mass is 16.6. The Kier molecular flexibility index (Phi) is 36.8. The molecule has 300 valence electrons. The number of unbranched alkanes of at least 4 members (excludes halogenated alkanes) is 22. The van der Waals surface area contributed by atoms with Gasteiger partial charge in [0.05, 0.1) is 20.3 Å². The van der Waals surface area contributed by atoms with Gasteiger partial charge in [0.15, 0.2) is 6.10 Å². The van der Waals surface area contributed by atoms with Crippen LogP contribution in [0.4, 0.5) is 0 Å². The molecule has 0 bridgehead atoms. The van der Waals surface area contributed by atoms with Crippen LogP contribution in [0.2, 0.25) is 0 Å². The predicted octanol–water partition coefficient (Wildman–Crippen LogP) is 10.9. The molecule has 51 heavy (non-hydrogen) atoms.